The van der Waals surface area contributed by atoms with Gasteiger partial charge in [-0.25, -0.2) is 12.8 Å². The number of hydrogen-bond donors (Lipinski definition) is 1. The zero-order valence-corrected chi connectivity index (χ0v) is 13.5. The number of amides is 1. The van der Waals surface area contributed by atoms with Crippen molar-refractivity contribution in [3.05, 3.63) is 30.1 Å². The van der Waals surface area contributed by atoms with Crippen LogP contribution in [0.5, 0.6) is 0 Å². The van der Waals surface area contributed by atoms with Gasteiger partial charge in [-0.3, -0.25) is 4.79 Å². The summed E-state index contributed by atoms with van der Waals surface area (Å²) in [6, 6.07) is 4.49. The van der Waals surface area contributed by atoms with Crippen molar-refractivity contribution in [2.24, 2.45) is 5.41 Å². The Labute approximate surface area is 125 Å². The molecule has 0 fully saturated rings. The molecule has 0 aliphatic rings. The Hall–Kier alpha value is -1.47. The van der Waals surface area contributed by atoms with Crippen LogP contribution in [0.15, 0.2) is 29.2 Å². The van der Waals surface area contributed by atoms with Crippen LogP contribution in [-0.2, 0) is 14.8 Å². The minimum atomic E-state index is -3.80. The molecular formula is C14H21FN2O3S. The molecule has 0 bridgehead atoms. The molecule has 1 rings (SSSR count). The molecule has 0 spiro atoms. The fraction of sp³-hybridized carbons (Fsp3) is 0.500. The molecule has 0 aromatic heterocycles. The lowest BCUT2D eigenvalue weighted by Gasteiger charge is -2.21. The lowest BCUT2D eigenvalue weighted by Crippen LogP contribution is -2.41. The van der Waals surface area contributed by atoms with Crippen LogP contribution < -0.4 is 5.32 Å². The average Bonchev–Trinajstić information content (AvgIpc) is 2.36. The third kappa shape index (κ3) is 5.43. The molecule has 7 heteroatoms. The Morgan fingerprint density at radius 2 is 1.76 bits per heavy atom. The maximum absolute atomic E-state index is 12.8. The summed E-state index contributed by atoms with van der Waals surface area (Å²) in [6.07, 6.45) is 0. The zero-order valence-electron chi connectivity index (χ0n) is 12.7. The van der Waals surface area contributed by atoms with E-state index in [0.717, 1.165) is 16.4 Å². The predicted molar refractivity (Wildman–Crippen MR) is 78.7 cm³/mol. The quantitative estimate of drug-likeness (QED) is 0.897. The van der Waals surface area contributed by atoms with Crippen LogP contribution in [0, 0.1) is 11.2 Å². The van der Waals surface area contributed by atoms with E-state index in [1.807, 2.05) is 20.8 Å². The molecule has 0 aliphatic heterocycles. The van der Waals surface area contributed by atoms with E-state index in [4.69, 9.17) is 0 Å². The van der Waals surface area contributed by atoms with Gasteiger partial charge in [-0.15, -0.1) is 0 Å². The summed E-state index contributed by atoms with van der Waals surface area (Å²) >= 11 is 0. The van der Waals surface area contributed by atoms with Gasteiger partial charge in [0.05, 0.1) is 11.4 Å². The van der Waals surface area contributed by atoms with Gasteiger partial charge in [0.25, 0.3) is 0 Å². The van der Waals surface area contributed by atoms with E-state index in [2.05, 4.69) is 5.32 Å². The van der Waals surface area contributed by atoms with Crippen LogP contribution in [0.4, 0.5) is 4.39 Å². The molecule has 0 saturated carbocycles. The molecule has 0 radical (unpaired) electrons. The van der Waals surface area contributed by atoms with Gasteiger partial charge in [0.15, 0.2) is 0 Å². The number of nitrogens with one attached hydrogen (secondary N) is 1. The number of benzene rings is 1. The third-order valence-corrected chi connectivity index (χ3v) is 4.52. The van der Waals surface area contributed by atoms with Crippen LogP contribution in [0.1, 0.15) is 20.8 Å². The molecule has 0 atom stereocenters. The average molecular weight is 316 g/mol. The molecule has 1 aromatic carbocycles. The Morgan fingerprint density at radius 1 is 1.24 bits per heavy atom. The van der Waals surface area contributed by atoms with Crippen molar-refractivity contribution in [1.82, 2.24) is 9.62 Å². The van der Waals surface area contributed by atoms with Gasteiger partial charge in [-0.1, -0.05) is 20.8 Å². The fourth-order valence-electron chi connectivity index (χ4n) is 1.49. The monoisotopic (exact) mass is 316 g/mol. The summed E-state index contributed by atoms with van der Waals surface area (Å²) in [5.41, 5.74) is -0.0793. The molecule has 1 aromatic rings. The first-order chi connectivity index (χ1) is 9.52. The summed E-state index contributed by atoms with van der Waals surface area (Å²) in [5, 5.41) is 2.68. The minimum Gasteiger partial charge on any atom is -0.354 e. The van der Waals surface area contributed by atoms with Crippen molar-refractivity contribution >= 4 is 15.9 Å². The molecule has 1 N–H and O–H groups in total. The van der Waals surface area contributed by atoms with Crippen molar-refractivity contribution in [1.29, 1.82) is 0 Å². The van der Waals surface area contributed by atoms with E-state index < -0.39 is 15.8 Å². The second-order valence-electron chi connectivity index (χ2n) is 6.05. The SMILES string of the molecule is CN(CC(=O)NCC(C)(C)C)S(=O)(=O)c1ccc(F)cc1. The fourth-order valence-corrected chi connectivity index (χ4v) is 2.62. The van der Waals surface area contributed by atoms with Crippen LogP contribution in [0.3, 0.4) is 0 Å². The van der Waals surface area contributed by atoms with Gasteiger partial charge >= 0.3 is 0 Å². The van der Waals surface area contributed by atoms with E-state index in [1.165, 1.54) is 19.2 Å². The van der Waals surface area contributed by atoms with E-state index in [0.29, 0.717) is 6.54 Å². The van der Waals surface area contributed by atoms with Gasteiger partial charge in [-0.2, -0.15) is 4.31 Å². The third-order valence-electron chi connectivity index (χ3n) is 2.70. The molecule has 21 heavy (non-hydrogen) atoms. The first-order valence-corrected chi connectivity index (χ1v) is 7.95. The van der Waals surface area contributed by atoms with Gasteiger partial charge in [0.1, 0.15) is 5.82 Å². The number of hydrogen-bond acceptors (Lipinski definition) is 3. The topological polar surface area (TPSA) is 66.5 Å². The van der Waals surface area contributed by atoms with E-state index in [1.54, 1.807) is 0 Å². The van der Waals surface area contributed by atoms with Crippen LogP contribution >= 0.6 is 0 Å². The van der Waals surface area contributed by atoms with E-state index in [9.17, 15) is 17.6 Å². The Kier molecular flexibility index (Phi) is 5.47. The number of rotatable bonds is 5. The molecule has 1 amide bonds. The van der Waals surface area contributed by atoms with Gasteiger partial charge in [0, 0.05) is 13.6 Å². The lowest BCUT2D eigenvalue weighted by molar-refractivity contribution is -0.121. The van der Waals surface area contributed by atoms with Crippen LogP contribution in [0.2, 0.25) is 0 Å². The van der Waals surface area contributed by atoms with Gasteiger partial charge < -0.3 is 5.32 Å². The highest BCUT2D eigenvalue weighted by Gasteiger charge is 2.23. The first-order valence-electron chi connectivity index (χ1n) is 6.51. The summed E-state index contributed by atoms with van der Waals surface area (Å²) in [5.74, 6) is -0.891. The van der Waals surface area contributed by atoms with Crippen LogP contribution in [0.25, 0.3) is 0 Å². The standard InChI is InChI=1S/C14H21FN2O3S/c1-14(2,3)10-16-13(18)9-17(4)21(19,20)12-7-5-11(15)6-8-12/h5-8H,9-10H2,1-4H3,(H,16,18). The maximum Gasteiger partial charge on any atom is 0.243 e. The van der Waals surface area contributed by atoms with Crippen molar-refractivity contribution < 1.29 is 17.6 Å². The Bertz CT molecular complexity index is 592. The number of halogens is 1. The summed E-state index contributed by atoms with van der Waals surface area (Å²) in [4.78, 5) is 11.7. The van der Waals surface area contributed by atoms with Crippen molar-refractivity contribution in [2.75, 3.05) is 20.1 Å². The van der Waals surface area contributed by atoms with E-state index in [-0.39, 0.29) is 22.8 Å². The molecule has 0 aliphatic carbocycles. The second-order valence-corrected chi connectivity index (χ2v) is 8.10. The summed E-state index contributed by atoms with van der Waals surface area (Å²) < 4.78 is 38.2. The summed E-state index contributed by atoms with van der Waals surface area (Å²) in [6.45, 7) is 6.07. The molecule has 0 heterocycles. The number of carbonyl (C=O) groups excluding carboxylic acids is 1. The largest absolute Gasteiger partial charge is 0.354 e. The zero-order chi connectivity index (χ0) is 16.3. The number of sulfonamides is 1. The van der Waals surface area contributed by atoms with Gasteiger partial charge in [0.2, 0.25) is 15.9 Å². The lowest BCUT2D eigenvalue weighted by atomic mass is 9.97. The molecule has 0 unspecified atom stereocenters. The number of carbonyl (C=O) groups is 1. The van der Waals surface area contributed by atoms with Crippen molar-refractivity contribution in [2.45, 2.75) is 25.7 Å². The smallest absolute Gasteiger partial charge is 0.243 e. The predicted octanol–water partition coefficient (Wildman–Crippen LogP) is 1.61. The Balaban J connectivity index is 2.72. The summed E-state index contributed by atoms with van der Waals surface area (Å²) in [7, 11) is -2.48. The van der Waals surface area contributed by atoms with E-state index >= 15 is 0 Å². The van der Waals surface area contributed by atoms with Gasteiger partial charge in [-0.05, 0) is 29.7 Å². The highest BCUT2D eigenvalue weighted by Crippen LogP contribution is 2.14. The molecule has 118 valence electrons. The molecule has 5 nitrogen and oxygen atoms in total. The van der Waals surface area contributed by atoms with Crippen LogP contribution in [-0.4, -0.2) is 38.8 Å². The minimum absolute atomic E-state index is 0.0463. The molecular weight excluding hydrogens is 295 g/mol. The van der Waals surface area contributed by atoms with Crippen molar-refractivity contribution in [3.8, 4) is 0 Å². The molecule has 0 saturated heterocycles. The second kappa shape index (κ2) is 6.53. The first kappa shape index (κ1) is 17.6. The Morgan fingerprint density at radius 3 is 2.24 bits per heavy atom. The highest BCUT2D eigenvalue weighted by molar-refractivity contribution is 7.89. The number of likely N-dealkylation sites (N-methyl/N-ethyl adjacent to an activating group) is 1. The maximum atomic E-state index is 12.8. The van der Waals surface area contributed by atoms with Crippen molar-refractivity contribution in [3.63, 3.8) is 0 Å². The number of nitrogens with zero attached hydrogens (tertiary/aromatic N) is 1. The highest BCUT2D eigenvalue weighted by atomic mass is 32.2. The normalized spacial score (nSPS) is 12.5.